The molecule has 0 aliphatic carbocycles. The molecule has 140 valence electrons. The van der Waals surface area contributed by atoms with Gasteiger partial charge in [0.2, 0.25) is 0 Å². The molecule has 0 heterocycles. The highest BCUT2D eigenvalue weighted by molar-refractivity contribution is 8.14. The molecule has 0 rings (SSSR count). The second-order valence-electron chi connectivity index (χ2n) is 4.32. The second-order valence-corrected chi connectivity index (χ2v) is 7.37. The molecule has 0 unspecified atom stereocenters. The summed E-state index contributed by atoms with van der Waals surface area (Å²) in [6, 6.07) is 0.116. The number of oxime groups is 1. The third-order valence-corrected chi connectivity index (χ3v) is 4.66. The van der Waals surface area contributed by atoms with Crippen LogP contribution in [0, 0.1) is 0 Å². The smallest absolute Gasteiger partial charge is 0.361 e. The number of nitrogens with one attached hydrogen (secondary N) is 1. The highest BCUT2D eigenvalue weighted by Gasteiger charge is 2.14. The summed E-state index contributed by atoms with van der Waals surface area (Å²) in [6.07, 6.45) is 1.31. The van der Waals surface area contributed by atoms with Gasteiger partial charge in [0.05, 0.1) is 0 Å². The van der Waals surface area contributed by atoms with E-state index in [0.717, 1.165) is 23.5 Å². The Morgan fingerprint density at radius 3 is 1.92 bits per heavy atom. The number of thioether (sulfide) groups is 3. The highest BCUT2D eigenvalue weighted by Crippen LogP contribution is 2.12. The average molecular weight is 400 g/mol. The minimum atomic E-state index is -0.548. The van der Waals surface area contributed by atoms with Gasteiger partial charge in [0.1, 0.15) is 5.04 Å². The van der Waals surface area contributed by atoms with Crippen LogP contribution in [0.1, 0.15) is 6.92 Å². The van der Waals surface area contributed by atoms with Gasteiger partial charge in [0.25, 0.3) is 10.5 Å². The molecule has 12 heteroatoms. The van der Waals surface area contributed by atoms with E-state index in [1.165, 1.54) is 18.8 Å². The van der Waals surface area contributed by atoms with Crippen LogP contribution in [0.4, 0.5) is 14.4 Å². The summed E-state index contributed by atoms with van der Waals surface area (Å²) in [5, 5.41) is 5.66. The van der Waals surface area contributed by atoms with E-state index >= 15 is 0 Å². The van der Waals surface area contributed by atoms with Crippen molar-refractivity contribution in [3.63, 3.8) is 0 Å². The van der Waals surface area contributed by atoms with E-state index in [9.17, 15) is 14.4 Å². The van der Waals surface area contributed by atoms with E-state index in [0.29, 0.717) is 16.5 Å². The zero-order valence-electron chi connectivity index (χ0n) is 14.4. The number of primary amides is 2. The van der Waals surface area contributed by atoms with Gasteiger partial charge in [-0.1, -0.05) is 28.7 Å². The molecule has 0 aromatic carbocycles. The lowest BCUT2D eigenvalue weighted by atomic mass is 10.4. The van der Waals surface area contributed by atoms with E-state index in [1.807, 2.05) is 25.3 Å². The van der Waals surface area contributed by atoms with Crippen molar-refractivity contribution in [2.24, 2.45) is 16.6 Å². The Morgan fingerprint density at radius 2 is 1.62 bits per heavy atom. The number of carbonyl (C=O) groups excluding carboxylic acids is 3. The lowest BCUT2D eigenvalue weighted by molar-refractivity contribution is 0.153. The summed E-state index contributed by atoms with van der Waals surface area (Å²) < 4.78 is 0. The van der Waals surface area contributed by atoms with Crippen LogP contribution in [-0.4, -0.2) is 71.5 Å². The van der Waals surface area contributed by atoms with E-state index < -0.39 is 16.6 Å². The van der Waals surface area contributed by atoms with Crippen molar-refractivity contribution in [3.05, 3.63) is 0 Å². The monoisotopic (exact) mass is 399 g/mol. The topological polar surface area (TPSA) is 140 Å². The fraction of sp³-hybridized carbons (Fsp3) is 0.667. The molecule has 0 bridgehead atoms. The number of amides is 3. The number of nitrogens with two attached hydrogens (primary N) is 2. The molecule has 0 aliphatic rings. The molecule has 0 saturated heterocycles. The Labute approximate surface area is 155 Å². The van der Waals surface area contributed by atoms with Gasteiger partial charge in [-0.25, -0.2) is 4.79 Å². The Balaban J connectivity index is 0. The Bertz CT molecular complexity index is 417. The first-order valence-electron chi connectivity index (χ1n) is 6.62. The van der Waals surface area contributed by atoms with Crippen molar-refractivity contribution < 1.29 is 19.2 Å². The van der Waals surface area contributed by atoms with Crippen LogP contribution >= 0.6 is 35.3 Å². The van der Waals surface area contributed by atoms with Gasteiger partial charge in [0, 0.05) is 24.6 Å². The van der Waals surface area contributed by atoms with Crippen LogP contribution in [0.15, 0.2) is 5.16 Å². The molecule has 0 aromatic heterocycles. The summed E-state index contributed by atoms with van der Waals surface area (Å²) in [5.41, 5.74) is 10.0. The van der Waals surface area contributed by atoms with Crippen LogP contribution in [0.3, 0.4) is 0 Å². The molecule has 0 spiro atoms. The molecule has 0 saturated carbocycles. The number of nitrogens with zero attached hydrogens (tertiary/aromatic N) is 2. The van der Waals surface area contributed by atoms with Gasteiger partial charge >= 0.3 is 6.09 Å². The number of hydrogen-bond donors (Lipinski definition) is 3. The fourth-order valence-corrected chi connectivity index (χ4v) is 2.70. The summed E-state index contributed by atoms with van der Waals surface area (Å²) in [7, 11) is 5.24. The molecule has 9 nitrogen and oxygen atoms in total. The summed E-state index contributed by atoms with van der Waals surface area (Å²) in [4.78, 5) is 37.7. The predicted molar refractivity (Wildman–Crippen MR) is 104 cm³/mol. The fourth-order valence-electron chi connectivity index (χ4n) is 0.892. The van der Waals surface area contributed by atoms with Crippen LogP contribution in [0.5, 0.6) is 0 Å². The zero-order chi connectivity index (χ0) is 19.1. The van der Waals surface area contributed by atoms with Crippen LogP contribution in [0.2, 0.25) is 0 Å². The van der Waals surface area contributed by atoms with Crippen LogP contribution in [-0.2, 0) is 4.84 Å². The van der Waals surface area contributed by atoms with Crippen molar-refractivity contribution in [2.45, 2.75) is 13.0 Å². The van der Waals surface area contributed by atoms with E-state index in [-0.39, 0.29) is 6.04 Å². The molecular weight excluding hydrogens is 374 g/mol. The lowest BCUT2D eigenvalue weighted by Crippen LogP contribution is -2.34. The Hall–Kier alpha value is -1.11. The van der Waals surface area contributed by atoms with Crippen molar-refractivity contribution in [2.75, 3.05) is 38.9 Å². The standard InChI is InChI=1S/C7H15N3O2S2.C5H10N2O2S/c1-10(2)5(3-13-6(8)11)4-14-7(9)12;1-4(10-3)7-9-5(8)6-2/h5H,3-4H2,1-2H3,(H2,8,11)(H2,9,12);1-3H3,(H,6,8)/b;7-4+. The number of hydrogen-bond acceptors (Lipinski definition) is 9. The molecule has 3 amide bonds. The van der Waals surface area contributed by atoms with Crippen LogP contribution < -0.4 is 16.8 Å². The molecule has 24 heavy (non-hydrogen) atoms. The third-order valence-electron chi connectivity index (χ3n) is 2.32. The maximum atomic E-state index is 10.5. The minimum Gasteiger partial charge on any atom is -0.361 e. The van der Waals surface area contributed by atoms with Gasteiger partial charge in [-0.05, 0) is 27.3 Å². The normalized spacial score (nSPS) is 10.9. The van der Waals surface area contributed by atoms with Crippen molar-refractivity contribution in [1.82, 2.24) is 10.2 Å². The highest BCUT2D eigenvalue weighted by atomic mass is 32.2. The predicted octanol–water partition coefficient (Wildman–Crippen LogP) is 1.58. The minimum absolute atomic E-state index is 0.116. The molecule has 0 aromatic rings. The zero-order valence-corrected chi connectivity index (χ0v) is 16.8. The van der Waals surface area contributed by atoms with E-state index in [2.05, 4.69) is 15.3 Å². The van der Waals surface area contributed by atoms with Crippen molar-refractivity contribution in [1.29, 1.82) is 0 Å². The summed E-state index contributed by atoms with van der Waals surface area (Å²) in [6.45, 7) is 1.76. The van der Waals surface area contributed by atoms with Gasteiger partial charge in [0.15, 0.2) is 0 Å². The maximum absolute atomic E-state index is 10.5. The van der Waals surface area contributed by atoms with E-state index in [1.54, 1.807) is 6.92 Å². The molecule has 0 fully saturated rings. The van der Waals surface area contributed by atoms with Gasteiger partial charge in [-0.15, -0.1) is 11.8 Å². The largest absolute Gasteiger partial charge is 0.433 e. The van der Waals surface area contributed by atoms with Gasteiger partial charge < -0.3 is 21.7 Å². The quantitative estimate of drug-likeness (QED) is 0.265. The van der Waals surface area contributed by atoms with Gasteiger partial charge in [-0.2, -0.15) is 0 Å². The first-order valence-corrected chi connectivity index (χ1v) is 9.81. The van der Waals surface area contributed by atoms with E-state index in [4.69, 9.17) is 11.5 Å². The first-order chi connectivity index (χ1) is 11.1. The number of rotatable bonds is 6. The maximum Gasteiger partial charge on any atom is 0.433 e. The molecule has 0 radical (unpaired) electrons. The first kappa shape index (κ1) is 25.1. The number of carbonyl (C=O) groups is 3. The van der Waals surface area contributed by atoms with Gasteiger partial charge in [-0.3, -0.25) is 14.4 Å². The van der Waals surface area contributed by atoms with Crippen LogP contribution in [0.25, 0.3) is 0 Å². The second kappa shape index (κ2) is 15.4. The summed E-state index contributed by atoms with van der Waals surface area (Å²) >= 11 is 3.52. The average Bonchev–Trinajstić information content (AvgIpc) is 2.51. The van der Waals surface area contributed by atoms with Crippen molar-refractivity contribution in [3.8, 4) is 0 Å². The third kappa shape index (κ3) is 17.2. The molecular formula is C12H25N5O4S3. The summed E-state index contributed by atoms with van der Waals surface area (Å²) in [5.74, 6) is 1.14. The molecule has 5 N–H and O–H groups in total. The molecule has 0 atom stereocenters. The van der Waals surface area contributed by atoms with Crippen molar-refractivity contribution >= 4 is 56.9 Å². The lowest BCUT2D eigenvalue weighted by Gasteiger charge is -2.22. The SMILES string of the molecule is CN(C)C(CSC(N)=O)CSC(N)=O.CNC(=O)O/N=C(\C)SC. The Kier molecular flexibility index (Phi) is 16.1. The Morgan fingerprint density at radius 1 is 1.17 bits per heavy atom. The molecule has 0 aliphatic heterocycles.